The molecule has 0 bridgehead atoms. The molecule has 0 saturated carbocycles. The van der Waals surface area contributed by atoms with Gasteiger partial charge in [0.15, 0.2) is 11.5 Å². The first kappa shape index (κ1) is 14.2. The number of rotatable bonds is 3. The molecule has 104 valence electrons. The Balaban J connectivity index is 2.23. The lowest BCUT2D eigenvalue weighted by molar-refractivity contribution is -0.136. The maximum Gasteiger partial charge on any atom is 0.303 e. The fourth-order valence-electron chi connectivity index (χ4n) is 1.82. The fraction of sp³-hybridized carbons (Fsp3) is 0.500. The van der Waals surface area contributed by atoms with Crippen LogP contribution in [0, 0.1) is 5.41 Å². The van der Waals surface area contributed by atoms with E-state index in [-0.39, 0.29) is 11.8 Å². The Morgan fingerprint density at radius 2 is 1.89 bits per heavy atom. The number of halogens is 1. The highest BCUT2D eigenvalue weighted by molar-refractivity contribution is 9.10. The Morgan fingerprint density at radius 3 is 2.47 bits per heavy atom. The number of carboxylic acids is 1. The Labute approximate surface area is 120 Å². The van der Waals surface area contributed by atoms with Crippen molar-refractivity contribution in [2.45, 2.75) is 26.7 Å². The highest BCUT2D eigenvalue weighted by Crippen LogP contribution is 2.38. The largest absolute Gasteiger partial charge is 0.489 e. The normalized spacial score (nSPS) is 16.8. The number of carboxylic acid groups (broad SMARTS) is 1. The second-order valence-electron chi connectivity index (χ2n) is 5.53. The van der Waals surface area contributed by atoms with Gasteiger partial charge in [-0.25, -0.2) is 0 Å². The van der Waals surface area contributed by atoms with E-state index in [1.807, 2.05) is 12.1 Å². The molecule has 0 amide bonds. The molecule has 0 unspecified atom stereocenters. The number of hydrogen-bond donors (Lipinski definition) is 1. The van der Waals surface area contributed by atoms with E-state index in [1.165, 1.54) is 0 Å². The molecule has 0 spiro atoms. The molecule has 0 atom stereocenters. The van der Waals surface area contributed by atoms with Crippen LogP contribution in [-0.2, 0) is 11.2 Å². The predicted molar refractivity (Wildman–Crippen MR) is 74.9 cm³/mol. The molecule has 4 nitrogen and oxygen atoms in total. The summed E-state index contributed by atoms with van der Waals surface area (Å²) in [6.07, 6.45) is 0.569. The molecule has 0 aliphatic carbocycles. The molecule has 0 saturated heterocycles. The summed E-state index contributed by atoms with van der Waals surface area (Å²) in [4.78, 5) is 10.6. The van der Waals surface area contributed by atoms with Crippen molar-refractivity contribution in [1.29, 1.82) is 0 Å². The van der Waals surface area contributed by atoms with Crippen molar-refractivity contribution in [3.8, 4) is 11.5 Å². The van der Waals surface area contributed by atoms with Crippen molar-refractivity contribution in [3.05, 3.63) is 22.2 Å². The zero-order valence-corrected chi connectivity index (χ0v) is 12.6. The quantitative estimate of drug-likeness (QED) is 0.925. The molecule has 1 aliphatic rings. The van der Waals surface area contributed by atoms with E-state index in [1.54, 1.807) is 0 Å². The average Bonchev–Trinajstić information content (AvgIpc) is 2.46. The maximum atomic E-state index is 10.6. The van der Waals surface area contributed by atoms with Gasteiger partial charge < -0.3 is 14.6 Å². The second-order valence-corrected chi connectivity index (χ2v) is 6.38. The number of carbonyl (C=O) groups is 1. The Hall–Kier alpha value is -1.23. The third kappa shape index (κ3) is 3.62. The van der Waals surface area contributed by atoms with Crippen LogP contribution in [0.3, 0.4) is 0 Å². The molecule has 0 fully saturated rings. The molecule has 1 heterocycles. The van der Waals surface area contributed by atoms with Crippen LogP contribution in [0.4, 0.5) is 0 Å². The molecule has 5 heteroatoms. The van der Waals surface area contributed by atoms with Crippen molar-refractivity contribution in [3.63, 3.8) is 0 Å². The number of benzene rings is 1. The lowest BCUT2D eigenvalue weighted by atomic mass is 9.97. The van der Waals surface area contributed by atoms with Crippen molar-refractivity contribution < 1.29 is 19.4 Å². The minimum absolute atomic E-state index is 0.0350. The highest BCUT2D eigenvalue weighted by Gasteiger charge is 2.25. The summed E-state index contributed by atoms with van der Waals surface area (Å²) in [5.41, 5.74) is 0.886. The third-order valence-electron chi connectivity index (χ3n) is 2.96. The SMILES string of the molecule is CC1(C)COc2cc(Br)c(CCC(=O)O)cc2OC1. The fourth-order valence-corrected chi connectivity index (χ4v) is 2.34. The third-order valence-corrected chi connectivity index (χ3v) is 3.70. The zero-order valence-electron chi connectivity index (χ0n) is 11.0. The molecule has 2 rings (SSSR count). The first-order valence-corrected chi connectivity index (χ1v) is 6.96. The molecule has 1 N–H and O–H groups in total. The van der Waals surface area contributed by atoms with Crippen LogP contribution < -0.4 is 9.47 Å². The van der Waals surface area contributed by atoms with Gasteiger partial charge in [0.25, 0.3) is 0 Å². The number of hydrogen-bond acceptors (Lipinski definition) is 3. The van der Waals surface area contributed by atoms with Gasteiger partial charge in [-0.05, 0) is 24.1 Å². The summed E-state index contributed by atoms with van der Waals surface area (Å²) < 4.78 is 12.4. The van der Waals surface area contributed by atoms with Crippen LogP contribution in [-0.4, -0.2) is 24.3 Å². The number of aryl methyl sites for hydroxylation is 1. The van der Waals surface area contributed by atoms with E-state index < -0.39 is 5.97 Å². The number of aliphatic carboxylic acids is 1. The monoisotopic (exact) mass is 328 g/mol. The molecular formula is C14H17BrO4. The van der Waals surface area contributed by atoms with E-state index in [0.29, 0.717) is 31.1 Å². The van der Waals surface area contributed by atoms with Crippen LogP contribution >= 0.6 is 15.9 Å². The first-order chi connectivity index (χ1) is 8.87. The van der Waals surface area contributed by atoms with Gasteiger partial charge in [0.2, 0.25) is 0 Å². The smallest absolute Gasteiger partial charge is 0.303 e. The van der Waals surface area contributed by atoms with Crippen LogP contribution in [0.25, 0.3) is 0 Å². The predicted octanol–water partition coefficient (Wildman–Crippen LogP) is 3.26. The number of ether oxygens (including phenoxy) is 2. The van der Waals surface area contributed by atoms with Crippen LogP contribution in [0.2, 0.25) is 0 Å². The molecule has 19 heavy (non-hydrogen) atoms. The summed E-state index contributed by atoms with van der Waals surface area (Å²) in [7, 11) is 0. The average molecular weight is 329 g/mol. The van der Waals surface area contributed by atoms with Gasteiger partial charge in [-0.2, -0.15) is 0 Å². The summed E-state index contributed by atoms with van der Waals surface area (Å²) in [5, 5.41) is 8.75. The van der Waals surface area contributed by atoms with E-state index in [2.05, 4.69) is 29.8 Å². The Kier molecular flexibility index (Phi) is 4.04. The zero-order chi connectivity index (χ0) is 14.0. The molecule has 1 aromatic rings. The molecule has 1 aromatic carbocycles. The maximum absolute atomic E-state index is 10.6. The Morgan fingerprint density at radius 1 is 1.32 bits per heavy atom. The minimum Gasteiger partial charge on any atom is -0.489 e. The number of fused-ring (bicyclic) bond motifs is 1. The molecule has 1 aliphatic heterocycles. The van der Waals surface area contributed by atoms with E-state index in [4.69, 9.17) is 14.6 Å². The summed E-state index contributed by atoms with van der Waals surface area (Å²) >= 11 is 3.45. The molecule has 0 aromatic heterocycles. The first-order valence-electron chi connectivity index (χ1n) is 6.17. The van der Waals surface area contributed by atoms with Crippen molar-refractivity contribution in [2.24, 2.45) is 5.41 Å². The van der Waals surface area contributed by atoms with Crippen molar-refractivity contribution in [2.75, 3.05) is 13.2 Å². The van der Waals surface area contributed by atoms with Crippen molar-refractivity contribution >= 4 is 21.9 Å². The van der Waals surface area contributed by atoms with Crippen LogP contribution in [0.5, 0.6) is 11.5 Å². The lowest BCUT2D eigenvalue weighted by Crippen LogP contribution is -2.26. The van der Waals surface area contributed by atoms with Gasteiger partial charge in [0.1, 0.15) is 0 Å². The van der Waals surface area contributed by atoms with E-state index in [0.717, 1.165) is 10.0 Å². The lowest BCUT2D eigenvalue weighted by Gasteiger charge is -2.19. The topological polar surface area (TPSA) is 55.8 Å². The van der Waals surface area contributed by atoms with Gasteiger partial charge in [-0.15, -0.1) is 0 Å². The van der Waals surface area contributed by atoms with Gasteiger partial charge in [-0.1, -0.05) is 29.8 Å². The summed E-state index contributed by atoms with van der Waals surface area (Å²) in [6.45, 7) is 5.35. The van der Waals surface area contributed by atoms with Gasteiger partial charge in [0.05, 0.1) is 13.2 Å². The van der Waals surface area contributed by atoms with E-state index >= 15 is 0 Å². The second kappa shape index (κ2) is 5.41. The van der Waals surface area contributed by atoms with Gasteiger partial charge in [0, 0.05) is 16.3 Å². The highest BCUT2D eigenvalue weighted by atomic mass is 79.9. The van der Waals surface area contributed by atoms with Crippen LogP contribution in [0.1, 0.15) is 25.8 Å². The standard InChI is InChI=1S/C14H17BrO4/c1-14(2)7-18-11-5-9(3-4-13(16)17)10(15)6-12(11)19-8-14/h5-6H,3-4,7-8H2,1-2H3,(H,16,17). The Bertz CT molecular complexity index is 496. The van der Waals surface area contributed by atoms with E-state index in [9.17, 15) is 4.79 Å². The van der Waals surface area contributed by atoms with Crippen LogP contribution in [0.15, 0.2) is 16.6 Å². The minimum atomic E-state index is -0.805. The molecule has 0 radical (unpaired) electrons. The molecular weight excluding hydrogens is 312 g/mol. The summed E-state index contributed by atoms with van der Waals surface area (Å²) in [6, 6.07) is 3.72. The van der Waals surface area contributed by atoms with Gasteiger partial charge in [-0.3, -0.25) is 4.79 Å². The van der Waals surface area contributed by atoms with Gasteiger partial charge >= 0.3 is 5.97 Å². The van der Waals surface area contributed by atoms with Crippen molar-refractivity contribution in [1.82, 2.24) is 0 Å². The summed E-state index contributed by atoms with van der Waals surface area (Å²) in [5.74, 6) is 0.589.